The van der Waals surface area contributed by atoms with Crippen molar-refractivity contribution >= 4 is 11.8 Å². The van der Waals surface area contributed by atoms with Crippen LogP contribution in [0.15, 0.2) is 30.3 Å². The lowest BCUT2D eigenvalue weighted by Gasteiger charge is -2.17. The quantitative estimate of drug-likeness (QED) is 0.875. The Labute approximate surface area is 124 Å². The number of ether oxygens (including phenoxy) is 1. The number of methoxy groups -OCH3 is 1. The van der Waals surface area contributed by atoms with Crippen molar-refractivity contribution in [3.63, 3.8) is 0 Å². The average Bonchev–Trinajstić information content (AvgIpc) is 2.46. The first kappa shape index (κ1) is 15.0. The summed E-state index contributed by atoms with van der Waals surface area (Å²) in [5.41, 5.74) is 3.11. The minimum absolute atomic E-state index is 0.0667. The molecule has 110 valence electrons. The van der Waals surface area contributed by atoms with Gasteiger partial charge in [0.2, 0.25) is 5.82 Å². The molecule has 0 aliphatic heterocycles. The summed E-state index contributed by atoms with van der Waals surface area (Å²) in [5, 5.41) is 3.30. The first-order valence-corrected chi connectivity index (χ1v) is 6.77. The monoisotopic (exact) mass is 285 g/mol. The number of rotatable bonds is 4. The van der Waals surface area contributed by atoms with E-state index in [2.05, 4.69) is 46.0 Å². The van der Waals surface area contributed by atoms with E-state index < -0.39 is 5.97 Å². The molecule has 5 nitrogen and oxygen atoms in total. The van der Waals surface area contributed by atoms with E-state index in [0.717, 1.165) is 0 Å². The number of benzene rings is 1. The third kappa shape index (κ3) is 3.56. The van der Waals surface area contributed by atoms with Gasteiger partial charge >= 0.3 is 5.97 Å². The third-order valence-electron chi connectivity index (χ3n) is 3.24. The highest BCUT2D eigenvalue weighted by molar-refractivity contribution is 5.85. The molecule has 1 N–H and O–H groups in total. The van der Waals surface area contributed by atoms with Crippen LogP contribution in [-0.4, -0.2) is 23.0 Å². The van der Waals surface area contributed by atoms with Crippen molar-refractivity contribution in [2.75, 3.05) is 12.4 Å². The van der Waals surface area contributed by atoms with E-state index in [1.807, 2.05) is 19.1 Å². The standard InChI is InChI=1S/C16H19N3O2/c1-10-7-5-6-8-13(10)12(3)18-14-9-11(2)17-15(19-14)16(20)21-4/h5-9,12H,1-4H3,(H,17,18,19). The maximum absolute atomic E-state index is 11.6. The van der Waals surface area contributed by atoms with Crippen LogP contribution in [0.5, 0.6) is 0 Å². The molecule has 1 aromatic heterocycles. The first-order valence-electron chi connectivity index (χ1n) is 6.77. The third-order valence-corrected chi connectivity index (χ3v) is 3.24. The predicted octanol–water partition coefficient (Wildman–Crippen LogP) is 3.05. The lowest BCUT2D eigenvalue weighted by atomic mass is 10.0. The van der Waals surface area contributed by atoms with E-state index in [-0.39, 0.29) is 11.9 Å². The summed E-state index contributed by atoms with van der Waals surface area (Å²) in [6, 6.07) is 10.0. The molecule has 0 saturated heterocycles. The van der Waals surface area contributed by atoms with E-state index in [9.17, 15) is 4.79 Å². The molecular weight excluding hydrogens is 266 g/mol. The number of esters is 1. The van der Waals surface area contributed by atoms with Gasteiger partial charge in [-0.2, -0.15) is 0 Å². The fraction of sp³-hybridized carbons (Fsp3) is 0.312. The fourth-order valence-electron chi connectivity index (χ4n) is 2.20. The van der Waals surface area contributed by atoms with Crippen LogP contribution in [0.1, 0.15) is 40.4 Å². The number of carbonyl (C=O) groups excluding carboxylic acids is 1. The summed E-state index contributed by atoms with van der Waals surface area (Å²) >= 11 is 0. The van der Waals surface area contributed by atoms with Gasteiger partial charge in [-0.3, -0.25) is 0 Å². The van der Waals surface area contributed by atoms with Gasteiger partial charge in [0.1, 0.15) is 5.82 Å². The zero-order chi connectivity index (χ0) is 15.4. The normalized spacial score (nSPS) is 11.8. The van der Waals surface area contributed by atoms with E-state index in [4.69, 9.17) is 0 Å². The van der Waals surface area contributed by atoms with E-state index in [1.165, 1.54) is 18.2 Å². The molecule has 1 heterocycles. The molecule has 0 spiro atoms. The van der Waals surface area contributed by atoms with Crippen LogP contribution >= 0.6 is 0 Å². The Kier molecular flexibility index (Phi) is 4.52. The van der Waals surface area contributed by atoms with Crippen molar-refractivity contribution in [2.24, 2.45) is 0 Å². The first-order chi connectivity index (χ1) is 10.0. The highest BCUT2D eigenvalue weighted by Gasteiger charge is 2.14. The molecule has 0 aliphatic carbocycles. The van der Waals surface area contributed by atoms with Crippen LogP contribution in [-0.2, 0) is 4.74 Å². The molecule has 1 aromatic carbocycles. The Bertz CT molecular complexity index is 656. The molecule has 5 heteroatoms. The molecule has 0 saturated carbocycles. The minimum atomic E-state index is -0.537. The summed E-state index contributed by atoms with van der Waals surface area (Å²) in [6.45, 7) is 5.94. The SMILES string of the molecule is COC(=O)c1nc(C)cc(NC(C)c2ccccc2C)n1. The van der Waals surface area contributed by atoms with Crippen molar-refractivity contribution in [1.82, 2.24) is 9.97 Å². The van der Waals surface area contributed by atoms with Crippen LogP contribution in [0.2, 0.25) is 0 Å². The van der Waals surface area contributed by atoms with Crippen LogP contribution in [0, 0.1) is 13.8 Å². The maximum Gasteiger partial charge on any atom is 0.376 e. The fourth-order valence-corrected chi connectivity index (χ4v) is 2.20. The molecule has 0 bridgehead atoms. The van der Waals surface area contributed by atoms with Gasteiger partial charge in [-0.1, -0.05) is 24.3 Å². The highest BCUT2D eigenvalue weighted by Crippen LogP contribution is 2.21. The van der Waals surface area contributed by atoms with Gasteiger partial charge in [0.15, 0.2) is 0 Å². The molecular formula is C16H19N3O2. The lowest BCUT2D eigenvalue weighted by Crippen LogP contribution is -2.14. The second kappa shape index (κ2) is 6.35. The van der Waals surface area contributed by atoms with Crippen LogP contribution < -0.4 is 5.32 Å². The van der Waals surface area contributed by atoms with E-state index in [0.29, 0.717) is 11.5 Å². The zero-order valence-electron chi connectivity index (χ0n) is 12.7. The Hall–Kier alpha value is -2.43. The van der Waals surface area contributed by atoms with Gasteiger partial charge in [-0.05, 0) is 31.9 Å². The number of nitrogens with zero attached hydrogens (tertiary/aromatic N) is 2. The second-order valence-corrected chi connectivity index (χ2v) is 4.93. The summed E-state index contributed by atoms with van der Waals surface area (Å²) < 4.78 is 4.66. The Balaban J connectivity index is 2.25. The highest BCUT2D eigenvalue weighted by atomic mass is 16.5. The molecule has 0 radical (unpaired) electrons. The second-order valence-electron chi connectivity index (χ2n) is 4.93. The molecule has 2 rings (SSSR count). The van der Waals surface area contributed by atoms with Gasteiger partial charge in [-0.15, -0.1) is 0 Å². The maximum atomic E-state index is 11.6. The predicted molar refractivity (Wildman–Crippen MR) is 81.3 cm³/mol. The van der Waals surface area contributed by atoms with E-state index in [1.54, 1.807) is 6.07 Å². The molecule has 0 aliphatic rings. The van der Waals surface area contributed by atoms with E-state index >= 15 is 0 Å². The number of aryl methyl sites for hydroxylation is 2. The molecule has 2 aromatic rings. The molecule has 0 fully saturated rings. The number of hydrogen-bond acceptors (Lipinski definition) is 5. The van der Waals surface area contributed by atoms with Gasteiger partial charge in [0.25, 0.3) is 0 Å². The van der Waals surface area contributed by atoms with Crippen LogP contribution in [0.3, 0.4) is 0 Å². The van der Waals surface area contributed by atoms with Crippen molar-refractivity contribution in [3.05, 3.63) is 53.0 Å². The van der Waals surface area contributed by atoms with Crippen LogP contribution in [0.4, 0.5) is 5.82 Å². The Morgan fingerprint density at radius 2 is 1.95 bits per heavy atom. The number of aromatic nitrogens is 2. The summed E-state index contributed by atoms with van der Waals surface area (Å²) in [7, 11) is 1.32. The van der Waals surface area contributed by atoms with Gasteiger partial charge < -0.3 is 10.1 Å². The minimum Gasteiger partial charge on any atom is -0.463 e. The molecule has 21 heavy (non-hydrogen) atoms. The van der Waals surface area contributed by atoms with Crippen molar-refractivity contribution in [2.45, 2.75) is 26.8 Å². The van der Waals surface area contributed by atoms with Gasteiger partial charge in [0.05, 0.1) is 13.2 Å². The van der Waals surface area contributed by atoms with Crippen molar-refractivity contribution < 1.29 is 9.53 Å². The van der Waals surface area contributed by atoms with Crippen molar-refractivity contribution in [1.29, 1.82) is 0 Å². The molecule has 0 amide bonds. The topological polar surface area (TPSA) is 64.1 Å². The van der Waals surface area contributed by atoms with Gasteiger partial charge in [0, 0.05) is 11.8 Å². The largest absolute Gasteiger partial charge is 0.463 e. The Morgan fingerprint density at radius 1 is 1.24 bits per heavy atom. The number of anilines is 1. The zero-order valence-corrected chi connectivity index (χ0v) is 12.7. The van der Waals surface area contributed by atoms with Gasteiger partial charge in [-0.25, -0.2) is 14.8 Å². The lowest BCUT2D eigenvalue weighted by molar-refractivity contribution is 0.0586. The smallest absolute Gasteiger partial charge is 0.376 e. The van der Waals surface area contributed by atoms with Crippen molar-refractivity contribution in [3.8, 4) is 0 Å². The number of hydrogen-bond donors (Lipinski definition) is 1. The Morgan fingerprint density at radius 3 is 2.62 bits per heavy atom. The summed E-state index contributed by atoms with van der Waals surface area (Å²) in [6.07, 6.45) is 0. The number of carbonyl (C=O) groups is 1. The number of nitrogens with one attached hydrogen (secondary N) is 1. The summed E-state index contributed by atoms with van der Waals surface area (Å²) in [5.74, 6) is 0.140. The van der Waals surface area contributed by atoms with Crippen LogP contribution in [0.25, 0.3) is 0 Å². The summed E-state index contributed by atoms with van der Waals surface area (Å²) in [4.78, 5) is 19.8. The average molecular weight is 285 g/mol. The molecule has 1 unspecified atom stereocenters. The molecule has 1 atom stereocenters.